The molecule has 2 rings (SSSR count). The summed E-state index contributed by atoms with van der Waals surface area (Å²) in [4.78, 5) is 0. The van der Waals surface area contributed by atoms with Gasteiger partial charge in [0.1, 0.15) is 12.4 Å². The molecule has 0 amide bonds. The lowest BCUT2D eigenvalue weighted by molar-refractivity contribution is 0.162. The van der Waals surface area contributed by atoms with Gasteiger partial charge in [0.2, 0.25) is 0 Å². The molecule has 1 aromatic rings. The molecule has 1 fully saturated rings. The summed E-state index contributed by atoms with van der Waals surface area (Å²) in [6, 6.07) is 8.69. The van der Waals surface area contributed by atoms with Crippen molar-refractivity contribution >= 4 is 0 Å². The quantitative estimate of drug-likeness (QED) is 0.897. The van der Waals surface area contributed by atoms with E-state index in [4.69, 9.17) is 9.47 Å². The summed E-state index contributed by atoms with van der Waals surface area (Å²) in [5.41, 5.74) is 1.36. The van der Waals surface area contributed by atoms with Crippen LogP contribution < -0.4 is 10.1 Å². The van der Waals surface area contributed by atoms with E-state index < -0.39 is 0 Å². The minimum Gasteiger partial charge on any atom is -0.492 e. The Labute approximate surface area is 122 Å². The van der Waals surface area contributed by atoms with Crippen molar-refractivity contribution in [1.82, 2.24) is 5.32 Å². The summed E-state index contributed by atoms with van der Waals surface area (Å²) < 4.78 is 11.6. The first kappa shape index (κ1) is 15.3. The first-order valence-electron chi connectivity index (χ1n) is 7.49. The number of hydrogen-bond acceptors (Lipinski definition) is 3. The van der Waals surface area contributed by atoms with Crippen LogP contribution in [0.4, 0.5) is 0 Å². The highest BCUT2D eigenvalue weighted by Gasteiger charge is 2.26. The van der Waals surface area contributed by atoms with Gasteiger partial charge in [-0.3, -0.25) is 0 Å². The lowest BCUT2D eigenvalue weighted by atomic mass is 9.86. The molecule has 1 saturated heterocycles. The van der Waals surface area contributed by atoms with Crippen molar-refractivity contribution in [3.05, 3.63) is 29.8 Å². The summed E-state index contributed by atoms with van der Waals surface area (Å²) >= 11 is 0. The van der Waals surface area contributed by atoms with Crippen molar-refractivity contribution in [2.24, 2.45) is 5.92 Å². The minimum absolute atomic E-state index is 0.0994. The zero-order valence-electron chi connectivity index (χ0n) is 13.1. The number of hydrogen-bond donors (Lipinski definition) is 1. The second kappa shape index (κ2) is 6.59. The lowest BCUT2D eigenvalue weighted by Gasteiger charge is -2.26. The summed E-state index contributed by atoms with van der Waals surface area (Å²) in [6.45, 7) is 9.06. The molecule has 1 aliphatic heterocycles. The van der Waals surface area contributed by atoms with Crippen LogP contribution in [0.25, 0.3) is 0 Å². The SMILES string of the molecule is CNC(COc1ccccc1C(C)(C)C)C1CCOC1. The van der Waals surface area contributed by atoms with Crippen molar-refractivity contribution in [1.29, 1.82) is 0 Å². The lowest BCUT2D eigenvalue weighted by Crippen LogP contribution is -2.39. The maximum absolute atomic E-state index is 6.11. The van der Waals surface area contributed by atoms with Crippen molar-refractivity contribution < 1.29 is 9.47 Å². The molecule has 0 spiro atoms. The van der Waals surface area contributed by atoms with E-state index in [9.17, 15) is 0 Å². The fourth-order valence-electron chi connectivity index (χ4n) is 2.72. The number of para-hydroxylation sites is 1. The van der Waals surface area contributed by atoms with Crippen LogP contribution in [0.2, 0.25) is 0 Å². The number of rotatable bonds is 5. The van der Waals surface area contributed by atoms with Gasteiger partial charge < -0.3 is 14.8 Å². The van der Waals surface area contributed by atoms with Crippen LogP contribution >= 0.6 is 0 Å². The Hall–Kier alpha value is -1.06. The molecule has 0 radical (unpaired) electrons. The van der Waals surface area contributed by atoms with Crippen LogP contribution in [0.15, 0.2) is 24.3 Å². The van der Waals surface area contributed by atoms with Gasteiger partial charge in [-0.2, -0.15) is 0 Å². The van der Waals surface area contributed by atoms with Crippen LogP contribution in [0.1, 0.15) is 32.8 Å². The zero-order valence-corrected chi connectivity index (χ0v) is 13.1. The summed E-state index contributed by atoms with van der Waals surface area (Å²) in [7, 11) is 2.00. The van der Waals surface area contributed by atoms with E-state index in [1.807, 2.05) is 13.1 Å². The number of likely N-dealkylation sites (N-methyl/N-ethyl adjacent to an activating group) is 1. The normalized spacial score (nSPS) is 20.9. The molecule has 1 heterocycles. The summed E-state index contributed by atoms with van der Waals surface area (Å²) in [6.07, 6.45) is 1.12. The predicted molar refractivity (Wildman–Crippen MR) is 82.4 cm³/mol. The number of benzene rings is 1. The first-order valence-corrected chi connectivity index (χ1v) is 7.49. The van der Waals surface area contributed by atoms with E-state index in [1.54, 1.807) is 0 Å². The largest absolute Gasteiger partial charge is 0.492 e. The van der Waals surface area contributed by atoms with Gasteiger partial charge in [0.15, 0.2) is 0 Å². The molecule has 3 nitrogen and oxygen atoms in total. The second-order valence-corrected chi connectivity index (χ2v) is 6.58. The van der Waals surface area contributed by atoms with Gasteiger partial charge in [-0.05, 0) is 30.5 Å². The highest BCUT2D eigenvalue weighted by Crippen LogP contribution is 2.31. The van der Waals surface area contributed by atoms with E-state index >= 15 is 0 Å². The Balaban J connectivity index is 2.02. The van der Waals surface area contributed by atoms with Gasteiger partial charge in [-0.15, -0.1) is 0 Å². The molecule has 1 N–H and O–H groups in total. The van der Waals surface area contributed by atoms with E-state index in [-0.39, 0.29) is 5.41 Å². The highest BCUT2D eigenvalue weighted by atomic mass is 16.5. The molecule has 3 heteroatoms. The van der Waals surface area contributed by atoms with E-state index in [2.05, 4.69) is 44.3 Å². The van der Waals surface area contributed by atoms with Crippen molar-refractivity contribution in [3.63, 3.8) is 0 Å². The molecule has 0 aliphatic carbocycles. The van der Waals surface area contributed by atoms with Crippen LogP contribution in [0, 0.1) is 5.92 Å². The fourth-order valence-corrected chi connectivity index (χ4v) is 2.72. The van der Waals surface area contributed by atoms with Gasteiger partial charge in [0.05, 0.1) is 6.61 Å². The molecular formula is C17H27NO2. The van der Waals surface area contributed by atoms with E-state index in [0.29, 0.717) is 18.6 Å². The van der Waals surface area contributed by atoms with Crippen LogP contribution in [-0.2, 0) is 10.2 Å². The summed E-state index contributed by atoms with van der Waals surface area (Å²) in [5.74, 6) is 1.56. The Morgan fingerprint density at radius 3 is 2.70 bits per heavy atom. The number of nitrogens with one attached hydrogen (secondary N) is 1. The van der Waals surface area contributed by atoms with Crippen molar-refractivity contribution in [2.45, 2.75) is 38.6 Å². The molecule has 20 heavy (non-hydrogen) atoms. The molecule has 2 atom stereocenters. The van der Waals surface area contributed by atoms with Crippen molar-refractivity contribution in [3.8, 4) is 5.75 Å². The average Bonchev–Trinajstić information content (AvgIpc) is 2.93. The Morgan fingerprint density at radius 2 is 2.10 bits per heavy atom. The maximum atomic E-state index is 6.11. The third-order valence-electron chi connectivity index (χ3n) is 4.02. The van der Waals surface area contributed by atoms with Gasteiger partial charge in [-0.25, -0.2) is 0 Å². The Morgan fingerprint density at radius 1 is 1.35 bits per heavy atom. The standard InChI is InChI=1S/C17H27NO2/c1-17(2,3)14-7-5-6-8-16(14)20-12-15(18-4)13-9-10-19-11-13/h5-8,13,15,18H,9-12H2,1-4H3. The monoisotopic (exact) mass is 277 g/mol. The average molecular weight is 277 g/mol. The second-order valence-electron chi connectivity index (χ2n) is 6.58. The maximum Gasteiger partial charge on any atom is 0.123 e. The molecule has 0 aromatic heterocycles. The van der Waals surface area contributed by atoms with Gasteiger partial charge in [0.25, 0.3) is 0 Å². The van der Waals surface area contributed by atoms with E-state index in [1.165, 1.54) is 5.56 Å². The predicted octanol–water partition coefficient (Wildman–Crippen LogP) is 2.99. The third-order valence-corrected chi connectivity index (χ3v) is 4.02. The Bertz CT molecular complexity index is 419. The summed E-state index contributed by atoms with van der Waals surface area (Å²) in [5, 5.41) is 3.37. The molecule has 0 saturated carbocycles. The Kier molecular flexibility index (Phi) is 5.06. The fraction of sp³-hybridized carbons (Fsp3) is 0.647. The number of ether oxygens (including phenoxy) is 2. The third kappa shape index (κ3) is 3.74. The molecule has 1 aliphatic rings. The topological polar surface area (TPSA) is 30.5 Å². The minimum atomic E-state index is 0.0994. The van der Waals surface area contributed by atoms with Crippen LogP contribution in [0.3, 0.4) is 0 Å². The zero-order chi connectivity index (χ0) is 14.6. The van der Waals surface area contributed by atoms with Crippen LogP contribution in [-0.4, -0.2) is 32.9 Å². The first-order chi connectivity index (χ1) is 9.52. The van der Waals surface area contributed by atoms with Crippen molar-refractivity contribution in [2.75, 3.05) is 26.9 Å². The van der Waals surface area contributed by atoms with E-state index in [0.717, 1.165) is 25.4 Å². The highest BCUT2D eigenvalue weighted by molar-refractivity contribution is 5.38. The van der Waals surface area contributed by atoms with Crippen LogP contribution in [0.5, 0.6) is 5.75 Å². The molecular weight excluding hydrogens is 250 g/mol. The molecule has 112 valence electrons. The molecule has 2 unspecified atom stereocenters. The van der Waals surface area contributed by atoms with Gasteiger partial charge >= 0.3 is 0 Å². The molecule has 1 aromatic carbocycles. The van der Waals surface area contributed by atoms with Gasteiger partial charge in [0, 0.05) is 18.6 Å². The van der Waals surface area contributed by atoms with Gasteiger partial charge in [-0.1, -0.05) is 39.0 Å². The smallest absolute Gasteiger partial charge is 0.123 e. The molecule has 0 bridgehead atoms.